The number of phosphoric ester groups is 1. The highest BCUT2D eigenvalue weighted by molar-refractivity contribution is 7.45. The first kappa shape index (κ1) is 18.0. The molecule has 0 spiro atoms. The molecule has 0 aliphatic carbocycles. The Hall–Kier alpha value is -0.0100. The van der Waals surface area contributed by atoms with Gasteiger partial charge in [0.05, 0.1) is 34.4 Å². The predicted octanol–water partition coefficient (Wildman–Crippen LogP) is -0.408. The summed E-state index contributed by atoms with van der Waals surface area (Å²) in [7, 11) is 1.43. The second kappa shape index (κ2) is 8.22. The third-order valence-electron chi connectivity index (χ3n) is 1.95. The highest BCUT2D eigenvalue weighted by Crippen LogP contribution is 2.38. The van der Waals surface area contributed by atoms with E-state index in [0.29, 0.717) is 17.6 Å². The van der Waals surface area contributed by atoms with E-state index in [0.717, 1.165) is 0 Å². The SMILES string of the molecule is CCOCC(O)COP(=O)([O-])OCC[N+](C)(C)C. The van der Waals surface area contributed by atoms with Gasteiger partial charge < -0.3 is 28.3 Å². The Labute approximate surface area is 108 Å². The first-order valence-electron chi connectivity index (χ1n) is 5.82. The molecule has 1 N–H and O–H groups in total. The first-order valence-corrected chi connectivity index (χ1v) is 7.29. The zero-order chi connectivity index (χ0) is 14.2. The maximum atomic E-state index is 11.3. The van der Waals surface area contributed by atoms with Gasteiger partial charge in [0.1, 0.15) is 19.3 Å². The Bertz CT molecular complexity index is 268. The maximum Gasteiger partial charge on any atom is 0.268 e. The third-order valence-corrected chi connectivity index (χ3v) is 2.92. The fourth-order valence-corrected chi connectivity index (χ4v) is 1.68. The van der Waals surface area contributed by atoms with Gasteiger partial charge in [-0.05, 0) is 6.92 Å². The van der Waals surface area contributed by atoms with E-state index in [4.69, 9.17) is 4.74 Å². The van der Waals surface area contributed by atoms with E-state index in [-0.39, 0.29) is 19.8 Å². The van der Waals surface area contributed by atoms with Crippen LogP contribution in [0.25, 0.3) is 0 Å². The van der Waals surface area contributed by atoms with Crippen molar-refractivity contribution in [3.63, 3.8) is 0 Å². The Morgan fingerprint density at radius 3 is 2.39 bits per heavy atom. The Morgan fingerprint density at radius 1 is 1.28 bits per heavy atom. The second-order valence-corrected chi connectivity index (χ2v) is 6.31. The van der Waals surface area contributed by atoms with Crippen molar-refractivity contribution >= 4 is 7.82 Å². The van der Waals surface area contributed by atoms with Crippen LogP contribution in [0.2, 0.25) is 0 Å². The molecule has 0 saturated carbocycles. The molecular weight excluding hydrogens is 261 g/mol. The number of likely N-dealkylation sites (N-methyl/N-ethyl adjacent to an activating group) is 1. The molecule has 0 heterocycles. The Balaban J connectivity index is 3.83. The topological polar surface area (TPSA) is 88.0 Å². The zero-order valence-corrected chi connectivity index (χ0v) is 12.4. The lowest BCUT2D eigenvalue weighted by atomic mass is 10.4. The summed E-state index contributed by atoms with van der Waals surface area (Å²) in [5.74, 6) is 0. The van der Waals surface area contributed by atoms with Crippen LogP contribution in [-0.4, -0.2) is 69.8 Å². The number of rotatable bonds is 10. The van der Waals surface area contributed by atoms with E-state index in [1.54, 1.807) is 6.92 Å². The van der Waals surface area contributed by atoms with Crippen molar-refractivity contribution in [1.82, 2.24) is 0 Å². The average molecular weight is 285 g/mol. The Kier molecular flexibility index (Phi) is 8.21. The van der Waals surface area contributed by atoms with E-state index in [9.17, 15) is 14.6 Å². The molecule has 110 valence electrons. The quantitative estimate of drug-likeness (QED) is 0.434. The molecule has 0 aliphatic rings. The summed E-state index contributed by atoms with van der Waals surface area (Å²) in [6, 6.07) is 0. The molecule has 18 heavy (non-hydrogen) atoms. The molecule has 8 heteroatoms. The smallest absolute Gasteiger partial charge is 0.268 e. The van der Waals surface area contributed by atoms with Gasteiger partial charge in [-0.25, -0.2) is 0 Å². The van der Waals surface area contributed by atoms with Crippen molar-refractivity contribution in [2.24, 2.45) is 0 Å². The van der Waals surface area contributed by atoms with Gasteiger partial charge >= 0.3 is 0 Å². The molecule has 0 amide bonds. The zero-order valence-electron chi connectivity index (χ0n) is 11.5. The summed E-state index contributed by atoms with van der Waals surface area (Å²) in [5, 5.41) is 9.33. The predicted molar refractivity (Wildman–Crippen MR) is 64.9 cm³/mol. The lowest BCUT2D eigenvalue weighted by Crippen LogP contribution is -2.37. The average Bonchev–Trinajstić information content (AvgIpc) is 2.21. The number of phosphoric acid groups is 1. The van der Waals surface area contributed by atoms with E-state index >= 15 is 0 Å². The molecule has 0 fully saturated rings. The molecule has 2 unspecified atom stereocenters. The van der Waals surface area contributed by atoms with Crippen LogP contribution < -0.4 is 4.89 Å². The standard InChI is InChI=1S/C10H24NO6P/c1-5-15-8-10(12)9-17-18(13,14)16-7-6-11(2,3)4/h10,12H,5-9H2,1-4H3. The lowest BCUT2D eigenvalue weighted by molar-refractivity contribution is -0.870. The van der Waals surface area contributed by atoms with Crippen LogP contribution >= 0.6 is 7.82 Å². The van der Waals surface area contributed by atoms with Gasteiger partial charge in [-0.15, -0.1) is 0 Å². The Morgan fingerprint density at radius 2 is 1.89 bits per heavy atom. The second-order valence-electron chi connectivity index (χ2n) is 4.90. The van der Waals surface area contributed by atoms with Crippen molar-refractivity contribution in [2.75, 3.05) is 54.1 Å². The van der Waals surface area contributed by atoms with Crippen LogP contribution in [0, 0.1) is 0 Å². The fourth-order valence-electron chi connectivity index (χ4n) is 0.943. The summed E-state index contributed by atoms with van der Waals surface area (Å²) in [6.07, 6.45) is -0.978. The van der Waals surface area contributed by atoms with E-state index in [1.165, 1.54) is 0 Å². The summed E-state index contributed by atoms with van der Waals surface area (Å²) in [6.45, 7) is 2.50. The van der Waals surface area contributed by atoms with Crippen LogP contribution in [0.3, 0.4) is 0 Å². The van der Waals surface area contributed by atoms with E-state index < -0.39 is 13.9 Å². The largest absolute Gasteiger partial charge is 0.756 e. The molecular formula is C10H24NO6P. The van der Waals surface area contributed by atoms with Gasteiger partial charge in [-0.2, -0.15) is 0 Å². The molecule has 0 rings (SSSR count). The maximum absolute atomic E-state index is 11.3. The molecule has 7 nitrogen and oxygen atoms in total. The number of nitrogens with zero attached hydrogens (tertiary/aromatic N) is 1. The minimum atomic E-state index is -4.34. The summed E-state index contributed by atoms with van der Waals surface area (Å²) < 4.78 is 26.0. The van der Waals surface area contributed by atoms with Crippen LogP contribution in [-0.2, 0) is 18.3 Å². The molecule has 2 atom stereocenters. The molecule has 0 radical (unpaired) electrons. The number of ether oxygens (including phenoxy) is 1. The van der Waals surface area contributed by atoms with Crippen molar-refractivity contribution in [3.05, 3.63) is 0 Å². The molecule has 0 aromatic carbocycles. The minimum absolute atomic E-state index is 0.0371. The van der Waals surface area contributed by atoms with Gasteiger partial charge in [-0.1, -0.05) is 0 Å². The molecule has 0 aromatic heterocycles. The van der Waals surface area contributed by atoms with Gasteiger partial charge in [-0.3, -0.25) is 4.57 Å². The van der Waals surface area contributed by atoms with Crippen LogP contribution in [0.4, 0.5) is 0 Å². The van der Waals surface area contributed by atoms with Crippen molar-refractivity contribution < 1.29 is 32.8 Å². The van der Waals surface area contributed by atoms with Crippen molar-refractivity contribution in [1.29, 1.82) is 0 Å². The molecule has 0 bridgehead atoms. The number of quaternary nitrogens is 1. The summed E-state index contributed by atoms with van der Waals surface area (Å²) in [5.41, 5.74) is 0. The van der Waals surface area contributed by atoms with Crippen molar-refractivity contribution in [3.8, 4) is 0 Å². The van der Waals surface area contributed by atoms with Gasteiger partial charge in [0.2, 0.25) is 0 Å². The lowest BCUT2D eigenvalue weighted by Gasteiger charge is -2.27. The van der Waals surface area contributed by atoms with E-state index in [2.05, 4.69) is 9.05 Å². The van der Waals surface area contributed by atoms with Gasteiger partial charge in [0.25, 0.3) is 7.82 Å². The van der Waals surface area contributed by atoms with Crippen molar-refractivity contribution in [2.45, 2.75) is 13.0 Å². The van der Waals surface area contributed by atoms with Gasteiger partial charge in [0, 0.05) is 6.61 Å². The number of aliphatic hydroxyl groups is 1. The highest BCUT2D eigenvalue weighted by atomic mass is 31.2. The van der Waals surface area contributed by atoms with Gasteiger partial charge in [0.15, 0.2) is 0 Å². The minimum Gasteiger partial charge on any atom is -0.756 e. The summed E-state index contributed by atoms with van der Waals surface area (Å²) >= 11 is 0. The fraction of sp³-hybridized carbons (Fsp3) is 1.00. The highest BCUT2D eigenvalue weighted by Gasteiger charge is 2.15. The summed E-state index contributed by atoms with van der Waals surface area (Å²) in [4.78, 5) is 11.3. The van der Waals surface area contributed by atoms with Crippen LogP contribution in [0.15, 0.2) is 0 Å². The third kappa shape index (κ3) is 11.1. The molecule has 0 aromatic rings. The normalized spacial score (nSPS) is 17.4. The number of hydrogen-bond acceptors (Lipinski definition) is 6. The van der Waals surface area contributed by atoms with Crippen LogP contribution in [0.1, 0.15) is 6.92 Å². The number of aliphatic hydroxyl groups excluding tert-OH is 1. The van der Waals surface area contributed by atoms with E-state index in [1.807, 2.05) is 21.1 Å². The molecule has 0 aliphatic heterocycles. The molecule has 0 saturated heterocycles. The monoisotopic (exact) mass is 285 g/mol. The number of hydrogen-bond donors (Lipinski definition) is 1. The first-order chi connectivity index (χ1) is 8.16. The van der Waals surface area contributed by atoms with Crippen LogP contribution in [0.5, 0.6) is 0 Å².